The average molecular weight is 391 g/mol. The quantitative estimate of drug-likeness (QED) is 0.451. The van der Waals surface area contributed by atoms with E-state index in [-0.39, 0.29) is 17.6 Å². The second-order valence-electron chi connectivity index (χ2n) is 6.46. The maximum absolute atomic E-state index is 11.5. The molecule has 1 aromatic heterocycles. The standard InChI is InChI=1S/C22H23N4O3/c1-4-25(2)18-15-19(29-3)22(26(27)28)24-21(18)23-20(16-11-7-5-8-12-16)17-13-9-6-10-14-17/h5-15,20H,1,4H2,2-3H3,(H,23,24). The molecule has 0 fully saturated rings. The minimum atomic E-state index is -0.544. The first-order valence-corrected chi connectivity index (χ1v) is 9.15. The van der Waals surface area contributed by atoms with Gasteiger partial charge in [0, 0.05) is 19.7 Å². The molecule has 0 saturated carbocycles. The average Bonchev–Trinajstić information content (AvgIpc) is 2.77. The minimum absolute atomic E-state index is 0.104. The zero-order chi connectivity index (χ0) is 20.8. The number of benzene rings is 2. The number of nitrogens with zero attached hydrogens (tertiary/aromatic N) is 3. The van der Waals surface area contributed by atoms with Crippen molar-refractivity contribution in [2.75, 3.05) is 30.9 Å². The fourth-order valence-corrected chi connectivity index (χ4v) is 3.06. The molecule has 0 bridgehead atoms. The van der Waals surface area contributed by atoms with Crippen LogP contribution in [-0.2, 0) is 0 Å². The smallest absolute Gasteiger partial charge is 0.408 e. The van der Waals surface area contributed by atoms with Crippen molar-refractivity contribution in [3.05, 3.63) is 94.9 Å². The van der Waals surface area contributed by atoms with Crippen molar-refractivity contribution in [3.8, 4) is 5.75 Å². The second-order valence-corrected chi connectivity index (χ2v) is 6.46. The number of hydrogen-bond acceptors (Lipinski definition) is 6. The van der Waals surface area contributed by atoms with E-state index in [1.165, 1.54) is 7.11 Å². The van der Waals surface area contributed by atoms with Crippen molar-refractivity contribution in [3.63, 3.8) is 0 Å². The SMILES string of the molecule is [CH2]CN(C)c1cc(OC)c([N+](=O)[O-])nc1NC(c1ccccc1)c1ccccc1. The largest absolute Gasteiger partial charge is 0.489 e. The van der Waals surface area contributed by atoms with Crippen molar-refractivity contribution in [1.29, 1.82) is 0 Å². The van der Waals surface area contributed by atoms with Gasteiger partial charge in [-0.3, -0.25) is 0 Å². The Morgan fingerprint density at radius 3 is 2.14 bits per heavy atom. The van der Waals surface area contributed by atoms with Gasteiger partial charge in [0.25, 0.3) is 5.82 Å². The summed E-state index contributed by atoms with van der Waals surface area (Å²) in [5.41, 5.74) is 2.70. The molecule has 3 aromatic rings. The Morgan fingerprint density at radius 1 is 1.14 bits per heavy atom. The molecule has 3 rings (SSSR count). The maximum Gasteiger partial charge on any atom is 0.408 e. The van der Waals surface area contributed by atoms with Crippen LogP contribution in [0.3, 0.4) is 0 Å². The fourth-order valence-electron chi connectivity index (χ4n) is 3.06. The Balaban J connectivity index is 2.13. The van der Waals surface area contributed by atoms with Gasteiger partial charge in [-0.15, -0.1) is 0 Å². The Hall–Kier alpha value is -3.61. The summed E-state index contributed by atoms with van der Waals surface area (Å²) in [7, 11) is 3.24. The predicted octanol–water partition coefficient (Wildman–Crippen LogP) is 4.47. The highest BCUT2D eigenvalue weighted by atomic mass is 16.6. The molecule has 0 spiro atoms. The van der Waals surface area contributed by atoms with Gasteiger partial charge in [0.15, 0.2) is 0 Å². The van der Waals surface area contributed by atoms with Crippen LogP contribution in [0, 0.1) is 17.0 Å². The molecule has 0 aliphatic heterocycles. The van der Waals surface area contributed by atoms with Crippen LogP contribution in [0.2, 0.25) is 0 Å². The lowest BCUT2D eigenvalue weighted by Gasteiger charge is -2.23. The van der Waals surface area contributed by atoms with Crippen molar-refractivity contribution in [2.24, 2.45) is 0 Å². The summed E-state index contributed by atoms with van der Waals surface area (Å²) in [6, 6.07) is 21.1. The van der Waals surface area contributed by atoms with Crippen LogP contribution in [0.15, 0.2) is 66.7 Å². The molecule has 29 heavy (non-hydrogen) atoms. The zero-order valence-electron chi connectivity index (χ0n) is 16.4. The van der Waals surface area contributed by atoms with Crippen molar-refractivity contribution in [2.45, 2.75) is 6.04 Å². The number of aromatic nitrogens is 1. The lowest BCUT2D eigenvalue weighted by Crippen LogP contribution is -2.21. The normalized spacial score (nSPS) is 10.6. The van der Waals surface area contributed by atoms with E-state index >= 15 is 0 Å². The summed E-state index contributed by atoms with van der Waals surface area (Å²) >= 11 is 0. The summed E-state index contributed by atoms with van der Waals surface area (Å²) in [6.45, 7) is 4.36. The van der Waals surface area contributed by atoms with Gasteiger partial charge in [0.2, 0.25) is 5.75 Å². The van der Waals surface area contributed by atoms with E-state index < -0.39 is 4.92 Å². The highest BCUT2D eigenvalue weighted by molar-refractivity contribution is 5.72. The Kier molecular flexibility index (Phi) is 6.29. The van der Waals surface area contributed by atoms with Gasteiger partial charge in [-0.25, -0.2) is 0 Å². The number of anilines is 2. The highest BCUT2D eigenvalue weighted by Gasteiger charge is 2.27. The molecule has 0 amide bonds. The molecule has 149 valence electrons. The molecule has 0 unspecified atom stereocenters. The number of pyridine rings is 1. The molecule has 1 radical (unpaired) electrons. The number of rotatable bonds is 8. The fraction of sp³-hybridized carbons (Fsp3) is 0.182. The number of ether oxygens (including phenoxy) is 1. The minimum Gasteiger partial charge on any atom is -0.489 e. The summed E-state index contributed by atoms with van der Waals surface area (Å²) in [5.74, 6) is 0.157. The molecular formula is C22H23N4O3. The highest BCUT2D eigenvalue weighted by Crippen LogP contribution is 2.37. The molecule has 0 aliphatic carbocycles. The van der Waals surface area contributed by atoms with E-state index in [0.29, 0.717) is 18.1 Å². The van der Waals surface area contributed by atoms with E-state index in [2.05, 4.69) is 17.2 Å². The van der Waals surface area contributed by atoms with Gasteiger partial charge in [-0.2, -0.15) is 0 Å². The van der Waals surface area contributed by atoms with Crippen molar-refractivity contribution < 1.29 is 9.66 Å². The molecular weight excluding hydrogens is 368 g/mol. The maximum atomic E-state index is 11.5. The van der Waals surface area contributed by atoms with Gasteiger partial charge in [0.05, 0.1) is 13.2 Å². The number of hydrogen-bond donors (Lipinski definition) is 1. The van der Waals surface area contributed by atoms with Gasteiger partial charge in [-0.05, 0) is 28.0 Å². The zero-order valence-corrected chi connectivity index (χ0v) is 16.4. The molecule has 1 heterocycles. The predicted molar refractivity (Wildman–Crippen MR) is 114 cm³/mol. The first kappa shape index (κ1) is 20.1. The van der Waals surface area contributed by atoms with E-state index in [9.17, 15) is 10.1 Å². The summed E-state index contributed by atoms with van der Waals surface area (Å²) in [4.78, 5) is 17.1. The van der Waals surface area contributed by atoms with E-state index in [1.54, 1.807) is 6.07 Å². The summed E-state index contributed by atoms with van der Waals surface area (Å²) < 4.78 is 5.19. The van der Waals surface area contributed by atoms with E-state index in [0.717, 1.165) is 11.1 Å². The van der Waals surface area contributed by atoms with E-state index in [4.69, 9.17) is 4.74 Å². The van der Waals surface area contributed by atoms with Crippen LogP contribution in [0.25, 0.3) is 0 Å². The van der Waals surface area contributed by atoms with Crippen LogP contribution in [0.5, 0.6) is 5.75 Å². The van der Waals surface area contributed by atoms with Gasteiger partial charge >= 0.3 is 5.82 Å². The third-order valence-electron chi connectivity index (χ3n) is 4.63. The van der Waals surface area contributed by atoms with Crippen LogP contribution < -0.4 is 15.0 Å². The first-order valence-electron chi connectivity index (χ1n) is 9.15. The van der Waals surface area contributed by atoms with Crippen LogP contribution in [0.1, 0.15) is 17.2 Å². The molecule has 7 nitrogen and oxygen atoms in total. The number of nitrogens with one attached hydrogen (secondary N) is 1. The van der Waals surface area contributed by atoms with E-state index in [1.807, 2.05) is 72.6 Å². The second kappa shape index (κ2) is 9.05. The molecule has 0 saturated heterocycles. The molecule has 2 aromatic carbocycles. The van der Waals surface area contributed by atoms with Gasteiger partial charge < -0.3 is 25.1 Å². The van der Waals surface area contributed by atoms with Crippen LogP contribution in [0.4, 0.5) is 17.3 Å². The number of methoxy groups -OCH3 is 1. The summed E-state index contributed by atoms with van der Waals surface area (Å²) in [5, 5.41) is 14.9. The lowest BCUT2D eigenvalue weighted by molar-refractivity contribution is -0.390. The molecule has 0 aliphatic rings. The first-order chi connectivity index (χ1) is 14.0. The Labute approximate surface area is 170 Å². The van der Waals surface area contributed by atoms with Gasteiger partial charge in [0.1, 0.15) is 5.69 Å². The third kappa shape index (κ3) is 4.45. The molecule has 1 N–H and O–H groups in total. The topological polar surface area (TPSA) is 80.5 Å². The van der Waals surface area contributed by atoms with Crippen molar-refractivity contribution in [1.82, 2.24) is 4.98 Å². The van der Waals surface area contributed by atoms with Gasteiger partial charge in [-0.1, -0.05) is 60.7 Å². The monoisotopic (exact) mass is 391 g/mol. The molecule has 0 atom stereocenters. The summed E-state index contributed by atoms with van der Waals surface area (Å²) in [6.07, 6.45) is 0. The van der Waals surface area contributed by atoms with Crippen LogP contribution in [-0.4, -0.2) is 30.6 Å². The Morgan fingerprint density at radius 2 is 1.69 bits per heavy atom. The number of nitro groups is 1. The van der Waals surface area contributed by atoms with Crippen molar-refractivity contribution >= 4 is 17.3 Å². The third-order valence-corrected chi connectivity index (χ3v) is 4.63. The molecule has 7 heteroatoms. The lowest BCUT2D eigenvalue weighted by atomic mass is 9.98. The Bertz CT molecular complexity index is 925. The van der Waals surface area contributed by atoms with Crippen LogP contribution >= 0.6 is 0 Å².